The highest BCUT2D eigenvalue weighted by molar-refractivity contribution is 6.01. The first-order valence-electron chi connectivity index (χ1n) is 7.42. The molecule has 0 fully saturated rings. The molecule has 2 rings (SSSR count). The molecule has 1 amide bonds. The summed E-state index contributed by atoms with van der Waals surface area (Å²) in [7, 11) is 0. The first kappa shape index (κ1) is 17.3. The van der Waals surface area contributed by atoms with Crippen molar-refractivity contribution in [3.63, 3.8) is 0 Å². The third-order valence-electron chi connectivity index (χ3n) is 3.41. The highest BCUT2D eigenvalue weighted by atomic mass is 16.5. The van der Waals surface area contributed by atoms with Gasteiger partial charge in [0.05, 0.1) is 5.71 Å². The van der Waals surface area contributed by atoms with E-state index in [-0.39, 0.29) is 18.1 Å². The summed E-state index contributed by atoms with van der Waals surface area (Å²) < 4.78 is 5.46. The van der Waals surface area contributed by atoms with Gasteiger partial charge in [-0.25, -0.2) is 5.43 Å². The van der Waals surface area contributed by atoms with Crippen molar-refractivity contribution in [1.82, 2.24) is 5.43 Å². The summed E-state index contributed by atoms with van der Waals surface area (Å²) in [6.07, 6.45) is 0. The fraction of sp³-hybridized carbons (Fsp3) is 0.222. The molecule has 24 heavy (non-hydrogen) atoms. The molecule has 2 aromatic carbocycles. The molecule has 0 unspecified atom stereocenters. The molecule has 0 spiro atoms. The second-order valence-electron chi connectivity index (χ2n) is 5.49. The Morgan fingerprint density at radius 3 is 2.62 bits per heavy atom. The molecule has 126 valence electrons. The Bertz CT molecular complexity index is 785. The smallest absolute Gasteiger partial charge is 0.277 e. The van der Waals surface area contributed by atoms with Crippen LogP contribution < -0.4 is 10.2 Å². The number of phenolic OH excluding ortho intramolecular Hbond substituents is 2. The third-order valence-corrected chi connectivity index (χ3v) is 3.41. The second kappa shape index (κ2) is 7.50. The molecule has 0 atom stereocenters. The number of carbonyl (C=O) groups is 1. The number of hydrogen-bond donors (Lipinski definition) is 3. The maximum atomic E-state index is 11.8. The van der Waals surface area contributed by atoms with Gasteiger partial charge >= 0.3 is 0 Å². The van der Waals surface area contributed by atoms with Gasteiger partial charge in [-0.2, -0.15) is 5.10 Å². The Hall–Kier alpha value is -3.02. The van der Waals surface area contributed by atoms with Crippen molar-refractivity contribution in [1.29, 1.82) is 0 Å². The van der Waals surface area contributed by atoms with Crippen molar-refractivity contribution in [3.05, 3.63) is 53.1 Å². The topological polar surface area (TPSA) is 91.2 Å². The van der Waals surface area contributed by atoms with E-state index in [1.807, 2.05) is 32.0 Å². The van der Waals surface area contributed by atoms with Crippen LogP contribution in [0.4, 0.5) is 0 Å². The second-order valence-corrected chi connectivity index (χ2v) is 5.49. The van der Waals surface area contributed by atoms with Gasteiger partial charge in [0.2, 0.25) is 0 Å². The van der Waals surface area contributed by atoms with Gasteiger partial charge in [0.1, 0.15) is 17.2 Å². The van der Waals surface area contributed by atoms with Crippen LogP contribution >= 0.6 is 0 Å². The molecule has 0 bridgehead atoms. The van der Waals surface area contributed by atoms with Gasteiger partial charge in [-0.05, 0) is 50.6 Å². The van der Waals surface area contributed by atoms with Crippen LogP contribution in [0.15, 0.2) is 41.5 Å². The molecule has 0 heterocycles. The van der Waals surface area contributed by atoms with Crippen molar-refractivity contribution in [2.75, 3.05) is 6.61 Å². The Balaban J connectivity index is 1.95. The number of hydrazone groups is 1. The maximum absolute atomic E-state index is 11.8. The molecular formula is C18H20N2O4. The molecule has 0 aromatic heterocycles. The number of benzene rings is 2. The quantitative estimate of drug-likeness (QED) is 0.447. The monoisotopic (exact) mass is 328 g/mol. The normalized spacial score (nSPS) is 11.2. The van der Waals surface area contributed by atoms with E-state index in [4.69, 9.17) is 4.74 Å². The Kier molecular flexibility index (Phi) is 5.42. The number of hydrogen-bond acceptors (Lipinski definition) is 5. The maximum Gasteiger partial charge on any atom is 0.277 e. The Morgan fingerprint density at radius 1 is 1.17 bits per heavy atom. The van der Waals surface area contributed by atoms with E-state index < -0.39 is 5.91 Å². The van der Waals surface area contributed by atoms with Gasteiger partial charge in [0, 0.05) is 5.56 Å². The van der Waals surface area contributed by atoms with Gasteiger partial charge in [-0.15, -0.1) is 0 Å². The lowest BCUT2D eigenvalue weighted by Crippen LogP contribution is -2.25. The summed E-state index contributed by atoms with van der Waals surface area (Å²) in [6.45, 7) is 5.33. The van der Waals surface area contributed by atoms with Gasteiger partial charge in [0.15, 0.2) is 6.61 Å². The van der Waals surface area contributed by atoms with Gasteiger partial charge in [-0.3, -0.25) is 4.79 Å². The van der Waals surface area contributed by atoms with E-state index in [2.05, 4.69) is 10.5 Å². The zero-order valence-electron chi connectivity index (χ0n) is 13.8. The average Bonchev–Trinajstić information content (AvgIpc) is 2.54. The Morgan fingerprint density at radius 2 is 1.92 bits per heavy atom. The number of amides is 1. The number of phenols is 2. The molecule has 2 aromatic rings. The third kappa shape index (κ3) is 4.49. The SMILES string of the molecule is CC(=NNC(=O)COc1ccc(C)cc1C)c1cc(O)ccc1O. The van der Waals surface area contributed by atoms with Crippen LogP contribution in [0, 0.1) is 13.8 Å². The largest absolute Gasteiger partial charge is 0.508 e. The predicted molar refractivity (Wildman–Crippen MR) is 91.5 cm³/mol. The number of nitrogens with one attached hydrogen (secondary N) is 1. The van der Waals surface area contributed by atoms with E-state index in [1.54, 1.807) is 6.92 Å². The molecule has 0 aliphatic rings. The lowest BCUT2D eigenvalue weighted by molar-refractivity contribution is -0.123. The van der Waals surface area contributed by atoms with E-state index in [0.717, 1.165) is 11.1 Å². The standard InChI is InChI=1S/C18H20N2O4/c1-11-4-7-17(12(2)8-11)24-10-18(23)20-19-13(3)15-9-14(21)5-6-16(15)22/h4-9,21-22H,10H2,1-3H3,(H,20,23). The summed E-state index contributed by atoms with van der Waals surface area (Å²) >= 11 is 0. The highest BCUT2D eigenvalue weighted by Gasteiger charge is 2.08. The molecule has 3 N–H and O–H groups in total. The molecule has 0 radical (unpaired) electrons. The van der Waals surface area contributed by atoms with Crippen LogP contribution in [0.25, 0.3) is 0 Å². The summed E-state index contributed by atoms with van der Waals surface area (Å²) in [4.78, 5) is 11.8. The Labute approximate surface area is 140 Å². The molecule has 0 aliphatic heterocycles. The molecule has 6 nitrogen and oxygen atoms in total. The number of aromatic hydroxyl groups is 2. The molecule has 0 saturated carbocycles. The summed E-state index contributed by atoms with van der Waals surface area (Å²) in [5.41, 5.74) is 5.13. The fourth-order valence-electron chi connectivity index (χ4n) is 2.16. The van der Waals surface area contributed by atoms with Crippen LogP contribution in [0.3, 0.4) is 0 Å². The lowest BCUT2D eigenvalue weighted by atomic mass is 10.1. The minimum Gasteiger partial charge on any atom is -0.508 e. The van der Waals surface area contributed by atoms with Crippen molar-refractivity contribution in [2.24, 2.45) is 5.10 Å². The van der Waals surface area contributed by atoms with Gasteiger partial charge < -0.3 is 14.9 Å². The minimum absolute atomic E-state index is 0.00172. The first-order valence-corrected chi connectivity index (χ1v) is 7.42. The zero-order chi connectivity index (χ0) is 17.7. The first-order chi connectivity index (χ1) is 11.4. The zero-order valence-corrected chi connectivity index (χ0v) is 13.8. The van der Waals surface area contributed by atoms with E-state index >= 15 is 0 Å². The van der Waals surface area contributed by atoms with Crippen LogP contribution in [-0.4, -0.2) is 28.4 Å². The molecule has 0 saturated heterocycles. The number of rotatable bonds is 5. The predicted octanol–water partition coefficient (Wildman–Crippen LogP) is 2.63. The van der Waals surface area contributed by atoms with Crippen molar-refractivity contribution in [2.45, 2.75) is 20.8 Å². The van der Waals surface area contributed by atoms with E-state index in [1.165, 1.54) is 18.2 Å². The number of carbonyl (C=O) groups excluding carboxylic acids is 1. The minimum atomic E-state index is -0.422. The van der Waals surface area contributed by atoms with Crippen LogP contribution in [0.2, 0.25) is 0 Å². The lowest BCUT2D eigenvalue weighted by Gasteiger charge is -2.09. The summed E-state index contributed by atoms with van der Waals surface area (Å²) in [5, 5.41) is 23.1. The van der Waals surface area contributed by atoms with E-state index in [9.17, 15) is 15.0 Å². The molecule has 0 aliphatic carbocycles. The van der Waals surface area contributed by atoms with Crippen LogP contribution in [0.1, 0.15) is 23.6 Å². The molecular weight excluding hydrogens is 308 g/mol. The van der Waals surface area contributed by atoms with Gasteiger partial charge in [-0.1, -0.05) is 17.7 Å². The number of aryl methyl sites for hydroxylation is 2. The fourth-order valence-corrected chi connectivity index (χ4v) is 2.16. The number of nitrogens with zero attached hydrogens (tertiary/aromatic N) is 1. The average molecular weight is 328 g/mol. The summed E-state index contributed by atoms with van der Waals surface area (Å²) in [5.74, 6) is 0.188. The van der Waals surface area contributed by atoms with Crippen molar-refractivity contribution >= 4 is 11.6 Å². The van der Waals surface area contributed by atoms with Crippen LogP contribution in [0.5, 0.6) is 17.2 Å². The molecule has 6 heteroatoms. The van der Waals surface area contributed by atoms with Crippen molar-refractivity contribution in [3.8, 4) is 17.2 Å². The summed E-state index contributed by atoms with van der Waals surface area (Å²) in [6, 6.07) is 9.79. The number of ether oxygens (including phenoxy) is 1. The van der Waals surface area contributed by atoms with Crippen LogP contribution in [-0.2, 0) is 4.79 Å². The van der Waals surface area contributed by atoms with Gasteiger partial charge in [0.25, 0.3) is 5.91 Å². The highest BCUT2D eigenvalue weighted by Crippen LogP contribution is 2.22. The van der Waals surface area contributed by atoms with Crippen molar-refractivity contribution < 1.29 is 19.7 Å². The van der Waals surface area contributed by atoms with E-state index in [0.29, 0.717) is 17.0 Å².